The number of likely N-dealkylation sites (tertiary alicyclic amines) is 1. The monoisotopic (exact) mass is 425 g/mol. The average Bonchev–Trinajstić information content (AvgIpc) is 3.25. The smallest absolute Gasteiger partial charge is 0.317 e. The summed E-state index contributed by atoms with van der Waals surface area (Å²) in [5.41, 5.74) is 1.13. The molecule has 1 aromatic heterocycles. The third kappa shape index (κ3) is 5.18. The van der Waals surface area contributed by atoms with Crippen molar-refractivity contribution in [2.75, 3.05) is 20.2 Å². The van der Waals surface area contributed by atoms with Gasteiger partial charge in [-0.3, -0.25) is 4.79 Å². The van der Waals surface area contributed by atoms with Gasteiger partial charge < -0.3 is 20.3 Å². The van der Waals surface area contributed by atoms with E-state index in [1.807, 2.05) is 35.2 Å². The minimum Gasteiger partial charge on any atom is -0.493 e. The highest BCUT2D eigenvalue weighted by atomic mass is 16.5. The summed E-state index contributed by atoms with van der Waals surface area (Å²) in [4.78, 5) is 27.3. The number of aromatic nitrogens is 2. The fraction of sp³-hybridized carbons (Fsp3) is 0.522. The van der Waals surface area contributed by atoms with Crippen LogP contribution in [0.3, 0.4) is 0 Å². The van der Waals surface area contributed by atoms with Crippen molar-refractivity contribution in [3.8, 4) is 11.4 Å². The van der Waals surface area contributed by atoms with Crippen molar-refractivity contribution < 1.29 is 14.3 Å². The van der Waals surface area contributed by atoms with E-state index in [1.54, 1.807) is 10.9 Å². The molecule has 0 atom stereocenters. The average molecular weight is 426 g/mol. The molecule has 1 aliphatic heterocycles. The van der Waals surface area contributed by atoms with Crippen LogP contribution in [-0.4, -0.2) is 58.9 Å². The molecule has 2 aromatic rings. The first-order valence-corrected chi connectivity index (χ1v) is 11.2. The lowest BCUT2D eigenvalue weighted by molar-refractivity contribution is 0.0909. The highest BCUT2D eigenvalue weighted by Gasteiger charge is 2.27. The normalized spacial score (nSPS) is 17.9. The van der Waals surface area contributed by atoms with Gasteiger partial charge in [0, 0.05) is 25.2 Å². The van der Waals surface area contributed by atoms with Gasteiger partial charge in [0.1, 0.15) is 0 Å². The van der Waals surface area contributed by atoms with Crippen LogP contribution in [0.25, 0.3) is 5.69 Å². The molecule has 2 aliphatic rings. The maximum Gasteiger partial charge on any atom is 0.317 e. The maximum atomic E-state index is 12.9. The fourth-order valence-corrected chi connectivity index (χ4v) is 4.37. The summed E-state index contributed by atoms with van der Waals surface area (Å²) in [5.74, 6) is 0.183. The summed E-state index contributed by atoms with van der Waals surface area (Å²) in [7, 11) is 1.53. The molecule has 8 heteroatoms. The van der Waals surface area contributed by atoms with Crippen LogP contribution in [0.2, 0.25) is 0 Å². The highest BCUT2D eigenvalue weighted by Crippen LogP contribution is 2.21. The third-order valence-corrected chi connectivity index (χ3v) is 6.19. The van der Waals surface area contributed by atoms with E-state index in [9.17, 15) is 9.59 Å². The number of nitrogens with zero attached hydrogens (tertiary/aromatic N) is 3. The number of methoxy groups -OCH3 is 1. The Morgan fingerprint density at radius 3 is 2.32 bits per heavy atom. The Labute approximate surface area is 182 Å². The van der Waals surface area contributed by atoms with Crippen molar-refractivity contribution in [1.82, 2.24) is 25.3 Å². The van der Waals surface area contributed by atoms with Gasteiger partial charge >= 0.3 is 6.03 Å². The number of ether oxygens (including phenoxy) is 1. The van der Waals surface area contributed by atoms with Crippen LogP contribution >= 0.6 is 0 Å². The SMILES string of the molecule is COc1cn(-c2ccccc2)nc1C(=O)NC1CCN(C(=O)NC2CCCCC2)CC1. The summed E-state index contributed by atoms with van der Waals surface area (Å²) in [5, 5.41) is 10.7. The van der Waals surface area contributed by atoms with E-state index in [4.69, 9.17) is 4.74 Å². The fourth-order valence-electron chi connectivity index (χ4n) is 4.37. The molecule has 0 unspecified atom stereocenters. The Hall–Kier alpha value is -3.03. The predicted molar refractivity (Wildman–Crippen MR) is 118 cm³/mol. The number of para-hydroxylation sites is 1. The Morgan fingerprint density at radius 1 is 0.968 bits per heavy atom. The first-order chi connectivity index (χ1) is 15.1. The number of rotatable bonds is 5. The van der Waals surface area contributed by atoms with Gasteiger partial charge in [-0.2, -0.15) is 5.10 Å². The molecule has 1 saturated heterocycles. The molecule has 1 aromatic carbocycles. The van der Waals surface area contributed by atoms with E-state index < -0.39 is 0 Å². The van der Waals surface area contributed by atoms with E-state index in [2.05, 4.69) is 15.7 Å². The van der Waals surface area contributed by atoms with E-state index in [1.165, 1.54) is 26.4 Å². The molecular weight excluding hydrogens is 394 g/mol. The number of benzene rings is 1. The summed E-state index contributed by atoms with van der Waals surface area (Å²) in [6.45, 7) is 1.28. The van der Waals surface area contributed by atoms with Crippen molar-refractivity contribution in [3.05, 3.63) is 42.2 Å². The van der Waals surface area contributed by atoms with Crippen LogP contribution in [0.15, 0.2) is 36.5 Å². The summed E-state index contributed by atoms with van der Waals surface area (Å²) in [6.07, 6.45) is 8.99. The largest absolute Gasteiger partial charge is 0.493 e. The maximum absolute atomic E-state index is 12.9. The van der Waals surface area contributed by atoms with E-state index in [0.717, 1.165) is 31.4 Å². The van der Waals surface area contributed by atoms with Crippen molar-refractivity contribution in [1.29, 1.82) is 0 Å². The number of hydrogen-bond donors (Lipinski definition) is 2. The molecule has 1 aliphatic carbocycles. The van der Waals surface area contributed by atoms with Gasteiger partial charge in [0.25, 0.3) is 5.91 Å². The van der Waals surface area contributed by atoms with Crippen molar-refractivity contribution in [2.45, 2.75) is 57.0 Å². The molecule has 166 valence electrons. The van der Waals surface area contributed by atoms with E-state index in [-0.39, 0.29) is 23.7 Å². The minimum absolute atomic E-state index is 0.0119. The molecule has 0 radical (unpaired) electrons. The highest BCUT2D eigenvalue weighted by molar-refractivity contribution is 5.95. The number of amides is 3. The second-order valence-corrected chi connectivity index (χ2v) is 8.35. The third-order valence-electron chi connectivity index (χ3n) is 6.19. The number of carbonyl (C=O) groups is 2. The number of hydrogen-bond acceptors (Lipinski definition) is 4. The number of carbonyl (C=O) groups excluding carboxylic acids is 2. The first kappa shape index (κ1) is 21.2. The second kappa shape index (κ2) is 9.85. The van der Waals surface area contributed by atoms with Crippen LogP contribution in [0.1, 0.15) is 55.4 Å². The van der Waals surface area contributed by atoms with Gasteiger partial charge in [-0.05, 0) is 37.8 Å². The number of urea groups is 1. The van der Waals surface area contributed by atoms with Crippen molar-refractivity contribution in [2.24, 2.45) is 0 Å². The second-order valence-electron chi connectivity index (χ2n) is 8.35. The summed E-state index contributed by atoms with van der Waals surface area (Å²) in [6, 6.07) is 9.95. The standard InChI is InChI=1S/C23H31N5O3/c1-31-20-16-28(19-10-6-3-7-11-19)26-21(20)22(29)24-18-12-14-27(15-13-18)23(30)25-17-8-4-2-5-9-17/h3,6-7,10-11,16-18H,2,4-5,8-9,12-15H2,1H3,(H,24,29)(H,25,30). The molecule has 8 nitrogen and oxygen atoms in total. The van der Waals surface area contributed by atoms with Crippen LogP contribution in [0.5, 0.6) is 5.75 Å². The number of piperidine rings is 1. The van der Waals surface area contributed by atoms with Crippen molar-refractivity contribution in [3.63, 3.8) is 0 Å². The van der Waals surface area contributed by atoms with Gasteiger partial charge in [0.05, 0.1) is 19.0 Å². The van der Waals surface area contributed by atoms with Gasteiger partial charge in [-0.15, -0.1) is 0 Å². The minimum atomic E-state index is -0.253. The Bertz CT molecular complexity index is 884. The Morgan fingerprint density at radius 2 is 1.65 bits per heavy atom. The predicted octanol–water partition coefficient (Wildman–Crippen LogP) is 3.12. The van der Waals surface area contributed by atoms with Crippen molar-refractivity contribution >= 4 is 11.9 Å². The molecule has 4 rings (SSSR count). The molecule has 0 spiro atoms. The molecule has 31 heavy (non-hydrogen) atoms. The zero-order valence-electron chi connectivity index (χ0n) is 18.0. The van der Waals surface area contributed by atoms with Gasteiger partial charge in [-0.25, -0.2) is 9.48 Å². The Kier molecular flexibility index (Phi) is 6.74. The number of nitrogens with one attached hydrogen (secondary N) is 2. The summed E-state index contributed by atoms with van der Waals surface area (Å²) >= 11 is 0. The molecule has 3 amide bonds. The van der Waals surface area contributed by atoms with Crippen LogP contribution < -0.4 is 15.4 Å². The lowest BCUT2D eigenvalue weighted by Gasteiger charge is -2.34. The van der Waals surface area contributed by atoms with E-state index in [0.29, 0.717) is 24.9 Å². The molecule has 0 bridgehead atoms. The van der Waals surface area contributed by atoms with Gasteiger partial charge in [0.2, 0.25) is 0 Å². The zero-order chi connectivity index (χ0) is 21.6. The van der Waals surface area contributed by atoms with Gasteiger partial charge in [0.15, 0.2) is 11.4 Å². The molecule has 2 fully saturated rings. The Balaban J connectivity index is 1.31. The van der Waals surface area contributed by atoms with Crippen LogP contribution in [0.4, 0.5) is 4.79 Å². The quantitative estimate of drug-likeness (QED) is 0.770. The molecule has 1 saturated carbocycles. The lowest BCUT2D eigenvalue weighted by Crippen LogP contribution is -2.51. The topological polar surface area (TPSA) is 88.5 Å². The molecular formula is C23H31N5O3. The zero-order valence-corrected chi connectivity index (χ0v) is 18.0. The van der Waals surface area contributed by atoms with Crippen LogP contribution in [-0.2, 0) is 0 Å². The molecule has 2 N–H and O–H groups in total. The van der Waals surface area contributed by atoms with E-state index >= 15 is 0 Å². The van der Waals surface area contributed by atoms with Gasteiger partial charge in [-0.1, -0.05) is 37.5 Å². The lowest BCUT2D eigenvalue weighted by atomic mass is 9.95. The van der Waals surface area contributed by atoms with Crippen LogP contribution in [0, 0.1) is 0 Å². The summed E-state index contributed by atoms with van der Waals surface area (Å²) < 4.78 is 7.02. The molecule has 2 heterocycles. The first-order valence-electron chi connectivity index (χ1n) is 11.2.